The van der Waals surface area contributed by atoms with E-state index in [1.165, 1.54) is 0 Å². The second-order valence-electron chi connectivity index (χ2n) is 4.44. The average Bonchev–Trinajstić information content (AvgIpc) is 2.90. The molecule has 3 aromatic rings. The molecule has 6 heteroatoms. The van der Waals surface area contributed by atoms with Gasteiger partial charge in [0.15, 0.2) is 12.1 Å². The number of aryl methyl sites for hydroxylation is 2. The number of hydrogen-bond acceptors (Lipinski definition) is 4. The SMILES string of the molecule is Cc1nc2cc(-c3[nH]nc(N)c3C=O)ccc2n1C. The summed E-state index contributed by atoms with van der Waals surface area (Å²) in [4.78, 5) is 15.5. The lowest BCUT2D eigenvalue weighted by Gasteiger charge is -2.00. The molecule has 96 valence electrons. The number of rotatable bonds is 2. The molecule has 0 aliphatic carbocycles. The fraction of sp³-hybridized carbons (Fsp3) is 0.154. The number of nitrogens with two attached hydrogens (primary N) is 1. The van der Waals surface area contributed by atoms with Gasteiger partial charge in [0.2, 0.25) is 0 Å². The number of H-pyrrole nitrogens is 1. The normalized spacial score (nSPS) is 11.1. The molecule has 6 nitrogen and oxygen atoms in total. The number of imidazole rings is 1. The van der Waals surface area contributed by atoms with E-state index in [1.807, 2.05) is 36.7 Å². The van der Waals surface area contributed by atoms with E-state index in [0.29, 0.717) is 17.5 Å². The van der Waals surface area contributed by atoms with Gasteiger partial charge in [0.1, 0.15) is 5.82 Å². The minimum atomic E-state index is 0.210. The van der Waals surface area contributed by atoms with Crippen molar-refractivity contribution < 1.29 is 4.79 Å². The van der Waals surface area contributed by atoms with Crippen molar-refractivity contribution in [2.75, 3.05) is 5.73 Å². The Balaban J connectivity index is 2.23. The van der Waals surface area contributed by atoms with Crippen LogP contribution < -0.4 is 5.73 Å². The van der Waals surface area contributed by atoms with Gasteiger partial charge in [-0.15, -0.1) is 0 Å². The van der Waals surface area contributed by atoms with Gasteiger partial charge in [0.05, 0.1) is 22.3 Å². The third-order valence-electron chi connectivity index (χ3n) is 3.34. The first-order valence-electron chi connectivity index (χ1n) is 5.84. The largest absolute Gasteiger partial charge is 0.382 e. The van der Waals surface area contributed by atoms with Crippen LogP contribution in [-0.4, -0.2) is 26.0 Å². The Bertz CT molecular complexity index is 784. The molecule has 3 N–H and O–H groups in total. The Morgan fingerprint density at radius 3 is 2.95 bits per heavy atom. The topological polar surface area (TPSA) is 89.6 Å². The molecule has 3 rings (SSSR count). The molecule has 0 fully saturated rings. The third-order valence-corrected chi connectivity index (χ3v) is 3.34. The minimum Gasteiger partial charge on any atom is -0.382 e. The predicted octanol–water partition coefficient (Wildman–Crippen LogP) is 1.67. The van der Waals surface area contributed by atoms with E-state index in [9.17, 15) is 4.79 Å². The lowest BCUT2D eigenvalue weighted by molar-refractivity contribution is 0.112. The number of carbonyl (C=O) groups excluding carboxylic acids is 1. The van der Waals surface area contributed by atoms with Gasteiger partial charge < -0.3 is 10.3 Å². The minimum absolute atomic E-state index is 0.210. The van der Waals surface area contributed by atoms with Gasteiger partial charge in [0.25, 0.3) is 0 Å². The number of benzene rings is 1. The molecule has 0 saturated carbocycles. The molecule has 0 amide bonds. The van der Waals surface area contributed by atoms with Crippen LogP contribution in [0.1, 0.15) is 16.2 Å². The quantitative estimate of drug-likeness (QED) is 0.681. The first-order chi connectivity index (χ1) is 9.11. The van der Waals surface area contributed by atoms with Crippen LogP contribution in [0, 0.1) is 6.92 Å². The van der Waals surface area contributed by atoms with Gasteiger partial charge in [0, 0.05) is 12.6 Å². The second-order valence-corrected chi connectivity index (χ2v) is 4.44. The summed E-state index contributed by atoms with van der Waals surface area (Å²) in [5.74, 6) is 1.15. The molecular weight excluding hydrogens is 242 g/mol. The zero-order chi connectivity index (χ0) is 13.6. The highest BCUT2D eigenvalue weighted by atomic mass is 16.1. The number of fused-ring (bicyclic) bond motifs is 1. The van der Waals surface area contributed by atoms with E-state index in [0.717, 1.165) is 22.4 Å². The summed E-state index contributed by atoms with van der Waals surface area (Å²) in [6.45, 7) is 1.95. The van der Waals surface area contributed by atoms with Gasteiger partial charge in [-0.1, -0.05) is 6.07 Å². The summed E-state index contributed by atoms with van der Waals surface area (Å²) >= 11 is 0. The summed E-state index contributed by atoms with van der Waals surface area (Å²) in [6, 6.07) is 5.81. The maximum atomic E-state index is 11.0. The molecule has 1 aromatic carbocycles. The highest BCUT2D eigenvalue weighted by molar-refractivity contribution is 5.93. The van der Waals surface area contributed by atoms with Crippen molar-refractivity contribution in [1.29, 1.82) is 0 Å². The van der Waals surface area contributed by atoms with Crippen LogP contribution in [0.5, 0.6) is 0 Å². The van der Waals surface area contributed by atoms with Crippen LogP contribution in [-0.2, 0) is 7.05 Å². The number of aromatic nitrogens is 4. The molecule has 0 unspecified atom stereocenters. The monoisotopic (exact) mass is 255 g/mol. The lowest BCUT2D eigenvalue weighted by atomic mass is 10.1. The molecule has 0 aliphatic heterocycles. The molecule has 0 atom stereocenters. The van der Waals surface area contributed by atoms with Gasteiger partial charge in [-0.05, 0) is 19.1 Å². The fourth-order valence-electron chi connectivity index (χ4n) is 2.18. The number of nitrogen functional groups attached to an aromatic ring is 1. The van der Waals surface area contributed by atoms with Crippen molar-refractivity contribution in [1.82, 2.24) is 19.7 Å². The molecule has 19 heavy (non-hydrogen) atoms. The molecule has 0 bridgehead atoms. The maximum Gasteiger partial charge on any atom is 0.156 e. The Hall–Kier alpha value is -2.63. The van der Waals surface area contributed by atoms with Crippen LogP contribution in [0.15, 0.2) is 18.2 Å². The number of aldehydes is 1. The summed E-state index contributed by atoms with van der Waals surface area (Å²) in [6.07, 6.45) is 0.710. The second kappa shape index (κ2) is 3.94. The van der Waals surface area contributed by atoms with E-state index in [2.05, 4.69) is 15.2 Å². The average molecular weight is 255 g/mol. The predicted molar refractivity (Wildman–Crippen MR) is 72.8 cm³/mol. The molecular formula is C13H13N5O. The van der Waals surface area contributed by atoms with Crippen LogP contribution in [0.4, 0.5) is 5.82 Å². The number of hydrogen-bond donors (Lipinski definition) is 2. The van der Waals surface area contributed by atoms with Gasteiger partial charge in [-0.2, -0.15) is 5.10 Å². The molecule has 0 radical (unpaired) electrons. The van der Waals surface area contributed by atoms with E-state index >= 15 is 0 Å². The Morgan fingerprint density at radius 2 is 2.21 bits per heavy atom. The van der Waals surface area contributed by atoms with E-state index in [4.69, 9.17) is 5.73 Å². The number of anilines is 1. The third kappa shape index (κ3) is 1.61. The Labute approximate surface area is 109 Å². The van der Waals surface area contributed by atoms with Gasteiger partial charge in [-0.25, -0.2) is 4.98 Å². The Kier molecular flexibility index (Phi) is 2.38. The summed E-state index contributed by atoms with van der Waals surface area (Å²) in [7, 11) is 1.97. The number of nitrogens with one attached hydrogen (secondary N) is 1. The number of nitrogens with zero attached hydrogens (tertiary/aromatic N) is 3. The first kappa shape index (κ1) is 11.5. The van der Waals surface area contributed by atoms with E-state index in [1.54, 1.807) is 0 Å². The van der Waals surface area contributed by atoms with Crippen molar-refractivity contribution in [3.05, 3.63) is 29.6 Å². The molecule has 0 saturated heterocycles. The molecule has 2 aromatic heterocycles. The molecule has 0 aliphatic rings. The smallest absolute Gasteiger partial charge is 0.156 e. The highest BCUT2D eigenvalue weighted by Gasteiger charge is 2.13. The van der Waals surface area contributed by atoms with Gasteiger partial charge in [-0.3, -0.25) is 9.89 Å². The van der Waals surface area contributed by atoms with E-state index < -0.39 is 0 Å². The fourth-order valence-corrected chi connectivity index (χ4v) is 2.18. The molecule has 2 heterocycles. The van der Waals surface area contributed by atoms with Crippen molar-refractivity contribution >= 4 is 23.1 Å². The first-order valence-corrected chi connectivity index (χ1v) is 5.84. The number of aromatic amines is 1. The standard InChI is InChI=1S/C13H13N5O/c1-7-15-10-5-8(3-4-11(10)18(7)2)12-9(6-19)13(14)17-16-12/h3-6H,1-2H3,(H3,14,16,17). The molecule has 0 spiro atoms. The summed E-state index contributed by atoms with van der Waals surface area (Å²) < 4.78 is 2.01. The van der Waals surface area contributed by atoms with Crippen LogP contribution in [0.25, 0.3) is 22.3 Å². The van der Waals surface area contributed by atoms with Crippen LogP contribution in [0.2, 0.25) is 0 Å². The van der Waals surface area contributed by atoms with Gasteiger partial charge >= 0.3 is 0 Å². The van der Waals surface area contributed by atoms with E-state index in [-0.39, 0.29) is 5.82 Å². The van der Waals surface area contributed by atoms with Crippen molar-refractivity contribution in [2.45, 2.75) is 6.92 Å². The maximum absolute atomic E-state index is 11.0. The highest BCUT2D eigenvalue weighted by Crippen LogP contribution is 2.27. The van der Waals surface area contributed by atoms with Crippen LogP contribution >= 0.6 is 0 Å². The lowest BCUT2D eigenvalue weighted by Crippen LogP contribution is -1.91. The summed E-state index contributed by atoms with van der Waals surface area (Å²) in [5, 5.41) is 6.65. The zero-order valence-electron chi connectivity index (χ0n) is 10.6. The van der Waals surface area contributed by atoms with Crippen molar-refractivity contribution in [3.8, 4) is 11.3 Å². The van der Waals surface area contributed by atoms with Crippen molar-refractivity contribution in [2.24, 2.45) is 7.05 Å². The summed E-state index contributed by atoms with van der Waals surface area (Å²) in [5.41, 5.74) is 9.41. The van der Waals surface area contributed by atoms with Crippen molar-refractivity contribution in [3.63, 3.8) is 0 Å². The van der Waals surface area contributed by atoms with Crippen LogP contribution in [0.3, 0.4) is 0 Å². The Morgan fingerprint density at radius 1 is 1.42 bits per heavy atom. The number of carbonyl (C=O) groups is 1. The zero-order valence-corrected chi connectivity index (χ0v) is 10.6.